The normalized spacial score (nSPS) is 26.2. The van der Waals surface area contributed by atoms with E-state index in [0.29, 0.717) is 12.5 Å². The minimum atomic E-state index is 0.0281. The summed E-state index contributed by atoms with van der Waals surface area (Å²) in [7, 11) is 0. The molecule has 0 unspecified atom stereocenters. The van der Waals surface area contributed by atoms with Crippen LogP contribution in [0.2, 0.25) is 0 Å². The van der Waals surface area contributed by atoms with Crippen LogP contribution in [0.4, 0.5) is 0 Å². The molecule has 1 aliphatic rings. The van der Waals surface area contributed by atoms with Crippen molar-refractivity contribution in [3.8, 4) is 0 Å². The van der Waals surface area contributed by atoms with E-state index in [1.807, 2.05) is 0 Å². The second kappa shape index (κ2) is 4.70. The van der Waals surface area contributed by atoms with Crippen molar-refractivity contribution in [2.45, 2.75) is 12.8 Å². The summed E-state index contributed by atoms with van der Waals surface area (Å²) in [5.74, 6) is 0.460. The Balaban J connectivity index is 2.09. The molecule has 0 amide bonds. The largest absolute Gasteiger partial charge is 0.396 e. The first-order valence-electron chi connectivity index (χ1n) is 4.28. The first-order chi connectivity index (χ1) is 5.36. The van der Waals surface area contributed by atoms with Gasteiger partial charge in [-0.2, -0.15) is 0 Å². The molecule has 0 bridgehead atoms. The van der Waals surface area contributed by atoms with Crippen LogP contribution in [0.25, 0.3) is 0 Å². The van der Waals surface area contributed by atoms with Gasteiger partial charge in [0.1, 0.15) is 0 Å². The molecule has 1 aliphatic heterocycles. The Morgan fingerprint density at radius 3 is 2.91 bits per heavy atom. The van der Waals surface area contributed by atoms with Crippen LogP contribution in [0.3, 0.4) is 0 Å². The molecular weight excluding hydrogens is 142 g/mol. The van der Waals surface area contributed by atoms with E-state index in [2.05, 4.69) is 4.90 Å². The van der Waals surface area contributed by atoms with E-state index in [1.54, 1.807) is 0 Å². The maximum Gasteiger partial charge on any atom is 0.0834 e. The van der Waals surface area contributed by atoms with Gasteiger partial charge in [-0.15, -0.1) is 0 Å². The zero-order valence-electron chi connectivity index (χ0n) is 6.83. The summed E-state index contributed by atoms with van der Waals surface area (Å²) >= 11 is 0. The van der Waals surface area contributed by atoms with Crippen LogP contribution in [0.15, 0.2) is 0 Å². The molecule has 0 aromatic carbocycles. The first kappa shape index (κ1) is 8.97. The third kappa shape index (κ3) is 2.77. The number of aliphatic hydroxyl groups excluding tert-OH is 1. The highest BCUT2D eigenvalue weighted by atomic mass is 16.3. The van der Waals surface area contributed by atoms with Gasteiger partial charge in [-0.05, 0) is 25.3 Å². The topological polar surface area (TPSA) is 43.4 Å². The minimum Gasteiger partial charge on any atom is -0.396 e. The van der Waals surface area contributed by atoms with Crippen LogP contribution >= 0.6 is 0 Å². The average Bonchev–Trinajstić information content (AvgIpc) is 2.48. The Kier molecular flexibility index (Phi) is 3.83. The van der Waals surface area contributed by atoms with Crippen molar-refractivity contribution in [2.24, 2.45) is 5.92 Å². The monoisotopic (exact) mass is 158 g/mol. The Bertz CT molecular complexity index is 108. The summed E-state index contributed by atoms with van der Waals surface area (Å²) in [6.45, 7) is 3.29. The van der Waals surface area contributed by atoms with Crippen LogP contribution in [0, 0.1) is 5.92 Å². The molecule has 0 spiro atoms. The highest BCUT2D eigenvalue weighted by Gasteiger charge is 2.20. The highest BCUT2D eigenvalue weighted by molar-refractivity contribution is 4.74. The van der Waals surface area contributed by atoms with E-state index < -0.39 is 0 Å². The van der Waals surface area contributed by atoms with Gasteiger partial charge in [-0.25, -0.2) is 5.11 Å². The molecule has 1 N–H and O–H groups in total. The highest BCUT2D eigenvalue weighted by Crippen LogP contribution is 2.14. The molecule has 3 nitrogen and oxygen atoms in total. The molecule has 0 aromatic heterocycles. The van der Waals surface area contributed by atoms with E-state index in [9.17, 15) is 5.11 Å². The maximum absolute atomic E-state index is 10.2. The average molecular weight is 158 g/mol. The number of aliphatic hydroxyl groups is 1. The number of hydrogen-bond donors (Lipinski definition) is 1. The molecule has 1 heterocycles. The molecular formula is C8H16NO2. The molecule has 0 saturated carbocycles. The Labute approximate surface area is 67.6 Å². The van der Waals surface area contributed by atoms with Crippen molar-refractivity contribution in [1.82, 2.24) is 4.90 Å². The van der Waals surface area contributed by atoms with Crippen LogP contribution in [-0.4, -0.2) is 42.9 Å². The summed E-state index contributed by atoms with van der Waals surface area (Å²) < 4.78 is 0. The van der Waals surface area contributed by atoms with Gasteiger partial charge in [0.2, 0.25) is 0 Å². The lowest BCUT2D eigenvalue weighted by Gasteiger charge is -2.13. The quantitative estimate of drug-likeness (QED) is 0.631. The Morgan fingerprint density at radius 1 is 1.55 bits per heavy atom. The number of hydrogen-bond acceptors (Lipinski definition) is 2. The van der Waals surface area contributed by atoms with Gasteiger partial charge in [0, 0.05) is 19.7 Å². The lowest BCUT2D eigenvalue weighted by molar-refractivity contribution is 0.168. The zero-order valence-corrected chi connectivity index (χ0v) is 6.83. The van der Waals surface area contributed by atoms with Crippen molar-refractivity contribution < 1.29 is 10.2 Å². The van der Waals surface area contributed by atoms with Crippen molar-refractivity contribution in [3.63, 3.8) is 0 Å². The molecule has 1 saturated heterocycles. The molecule has 65 valence electrons. The van der Waals surface area contributed by atoms with Gasteiger partial charge < -0.3 is 10.0 Å². The van der Waals surface area contributed by atoms with Crippen LogP contribution in [0.1, 0.15) is 12.8 Å². The van der Waals surface area contributed by atoms with Gasteiger partial charge in [-0.3, -0.25) is 0 Å². The Morgan fingerprint density at radius 2 is 2.36 bits per heavy atom. The number of rotatable bonds is 4. The van der Waals surface area contributed by atoms with E-state index in [4.69, 9.17) is 5.11 Å². The Hall–Kier alpha value is -0.120. The molecule has 1 radical (unpaired) electrons. The summed E-state index contributed by atoms with van der Waals surface area (Å²) in [6.07, 6.45) is 1.84. The zero-order chi connectivity index (χ0) is 8.10. The molecule has 1 rings (SSSR count). The fourth-order valence-electron chi connectivity index (χ4n) is 1.55. The summed E-state index contributed by atoms with van der Waals surface area (Å²) in [6, 6.07) is 0. The van der Waals surface area contributed by atoms with Crippen molar-refractivity contribution in [2.75, 3.05) is 32.8 Å². The van der Waals surface area contributed by atoms with Gasteiger partial charge in [0.15, 0.2) is 0 Å². The smallest absolute Gasteiger partial charge is 0.0834 e. The maximum atomic E-state index is 10.2. The third-order valence-electron chi connectivity index (χ3n) is 2.25. The second-order valence-electron chi connectivity index (χ2n) is 3.20. The van der Waals surface area contributed by atoms with E-state index in [0.717, 1.165) is 32.5 Å². The minimum absolute atomic E-state index is 0.0281. The fraction of sp³-hybridized carbons (Fsp3) is 1.00. The van der Waals surface area contributed by atoms with Crippen molar-refractivity contribution in [3.05, 3.63) is 0 Å². The van der Waals surface area contributed by atoms with E-state index in [-0.39, 0.29) is 6.61 Å². The molecule has 1 fully saturated rings. The number of nitrogens with zero attached hydrogens (tertiary/aromatic N) is 1. The van der Waals surface area contributed by atoms with E-state index >= 15 is 0 Å². The third-order valence-corrected chi connectivity index (χ3v) is 2.25. The van der Waals surface area contributed by atoms with Crippen molar-refractivity contribution >= 4 is 0 Å². The predicted octanol–water partition coefficient (Wildman–Crippen LogP) is 0.121. The van der Waals surface area contributed by atoms with Crippen molar-refractivity contribution in [1.29, 1.82) is 0 Å². The van der Waals surface area contributed by atoms with Crippen LogP contribution in [-0.2, 0) is 5.11 Å². The van der Waals surface area contributed by atoms with Gasteiger partial charge in [0.05, 0.1) is 6.61 Å². The lowest BCUT2D eigenvalue weighted by Crippen LogP contribution is -2.23. The van der Waals surface area contributed by atoms with Crippen LogP contribution in [0.5, 0.6) is 0 Å². The van der Waals surface area contributed by atoms with Crippen LogP contribution < -0.4 is 0 Å². The van der Waals surface area contributed by atoms with Gasteiger partial charge in [-0.1, -0.05) is 0 Å². The SMILES string of the molecule is [O]CCCN1CC[C@H](CO)C1. The second-order valence-corrected chi connectivity index (χ2v) is 3.20. The first-order valence-corrected chi connectivity index (χ1v) is 4.28. The standard InChI is InChI=1S/C8H16NO2/c10-5-1-3-9-4-2-8(6-9)7-11/h8,11H,1-7H2/t8-/m0/s1. The molecule has 3 heteroatoms. The van der Waals surface area contributed by atoms with E-state index in [1.165, 1.54) is 0 Å². The molecule has 1 atom stereocenters. The summed E-state index contributed by atoms with van der Waals surface area (Å²) in [5, 5.41) is 19.0. The van der Waals surface area contributed by atoms with Gasteiger partial charge >= 0.3 is 0 Å². The predicted molar refractivity (Wildman–Crippen MR) is 41.8 cm³/mol. The fourth-order valence-corrected chi connectivity index (χ4v) is 1.55. The molecule has 11 heavy (non-hydrogen) atoms. The molecule has 0 aromatic rings. The lowest BCUT2D eigenvalue weighted by atomic mass is 10.1. The molecule has 0 aliphatic carbocycles. The summed E-state index contributed by atoms with van der Waals surface area (Å²) in [4.78, 5) is 2.26. The van der Waals surface area contributed by atoms with Gasteiger partial charge in [0.25, 0.3) is 0 Å². The summed E-state index contributed by atoms with van der Waals surface area (Å²) in [5.41, 5.74) is 0. The number of likely N-dealkylation sites (tertiary alicyclic amines) is 1.